The molecule has 6 nitrogen and oxygen atoms in total. The van der Waals surface area contributed by atoms with Gasteiger partial charge in [-0.1, -0.05) is 6.92 Å². The molecular weight excluding hydrogens is 256 g/mol. The van der Waals surface area contributed by atoms with Crippen LogP contribution in [-0.2, 0) is 4.74 Å². The lowest BCUT2D eigenvalue weighted by atomic mass is 9.82. The van der Waals surface area contributed by atoms with Crippen LogP contribution in [0.25, 0.3) is 0 Å². The summed E-state index contributed by atoms with van der Waals surface area (Å²) in [4.78, 5) is 16.4. The molecule has 6 heteroatoms. The van der Waals surface area contributed by atoms with Crippen molar-refractivity contribution in [3.63, 3.8) is 0 Å². The Labute approximate surface area is 119 Å². The summed E-state index contributed by atoms with van der Waals surface area (Å²) < 4.78 is 5.36. The zero-order valence-corrected chi connectivity index (χ0v) is 12.0. The number of amides is 1. The first-order chi connectivity index (χ1) is 9.52. The topological polar surface area (TPSA) is 89.3 Å². The van der Waals surface area contributed by atoms with Crippen LogP contribution in [0.15, 0.2) is 12.1 Å². The number of ether oxygens (including phenoxy) is 1. The molecule has 2 heterocycles. The van der Waals surface area contributed by atoms with E-state index in [9.17, 15) is 4.79 Å². The Morgan fingerprint density at radius 2 is 2.15 bits per heavy atom. The number of nitrogen functional groups attached to an aromatic ring is 1. The van der Waals surface area contributed by atoms with Gasteiger partial charge in [-0.2, -0.15) is 0 Å². The van der Waals surface area contributed by atoms with Crippen molar-refractivity contribution in [2.24, 2.45) is 11.3 Å². The minimum absolute atomic E-state index is 0.0975. The van der Waals surface area contributed by atoms with E-state index in [4.69, 9.17) is 10.6 Å². The van der Waals surface area contributed by atoms with E-state index < -0.39 is 0 Å². The lowest BCUT2D eigenvalue weighted by Gasteiger charge is -2.33. The number of pyridine rings is 1. The van der Waals surface area contributed by atoms with Gasteiger partial charge in [-0.05, 0) is 37.3 Å². The second kappa shape index (κ2) is 6.19. The monoisotopic (exact) mass is 278 g/mol. The quantitative estimate of drug-likeness (QED) is 0.569. The summed E-state index contributed by atoms with van der Waals surface area (Å²) in [6, 6.07) is 3.40. The molecule has 1 saturated heterocycles. The Morgan fingerprint density at radius 3 is 2.80 bits per heavy atom. The van der Waals surface area contributed by atoms with Gasteiger partial charge in [0.25, 0.3) is 5.91 Å². The third-order valence-corrected chi connectivity index (χ3v) is 3.74. The third-order valence-electron chi connectivity index (χ3n) is 3.74. The molecule has 0 unspecified atom stereocenters. The van der Waals surface area contributed by atoms with Gasteiger partial charge >= 0.3 is 0 Å². The predicted octanol–water partition coefficient (Wildman–Crippen LogP) is 1.22. The van der Waals surface area contributed by atoms with E-state index in [1.54, 1.807) is 12.1 Å². The van der Waals surface area contributed by atoms with Crippen molar-refractivity contribution in [2.45, 2.75) is 26.7 Å². The van der Waals surface area contributed by atoms with E-state index in [1.807, 2.05) is 6.92 Å². The fourth-order valence-electron chi connectivity index (χ4n) is 2.31. The zero-order valence-electron chi connectivity index (χ0n) is 12.0. The fourth-order valence-corrected chi connectivity index (χ4v) is 2.31. The summed E-state index contributed by atoms with van der Waals surface area (Å²) >= 11 is 0. The van der Waals surface area contributed by atoms with Gasteiger partial charge in [0.1, 0.15) is 5.82 Å². The number of rotatable bonds is 4. The number of nitrogens with two attached hydrogens (primary N) is 1. The number of aromatic nitrogens is 1. The number of nitrogens with zero attached hydrogens (tertiary/aromatic N) is 1. The maximum Gasteiger partial charge on any atom is 0.251 e. The van der Waals surface area contributed by atoms with Gasteiger partial charge < -0.3 is 15.5 Å². The highest BCUT2D eigenvalue weighted by molar-refractivity contribution is 5.95. The Hall–Kier alpha value is -1.66. The van der Waals surface area contributed by atoms with Crippen LogP contribution < -0.4 is 16.6 Å². The molecule has 0 aromatic carbocycles. The molecule has 1 aromatic rings. The van der Waals surface area contributed by atoms with E-state index >= 15 is 0 Å². The van der Waals surface area contributed by atoms with Gasteiger partial charge in [-0.3, -0.25) is 4.79 Å². The van der Waals surface area contributed by atoms with Crippen molar-refractivity contribution in [1.29, 1.82) is 0 Å². The first-order valence-electron chi connectivity index (χ1n) is 6.84. The third kappa shape index (κ3) is 3.68. The minimum atomic E-state index is -0.0975. The molecule has 0 bridgehead atoms. The molecule has 0 aliphatic carbocycles. The Morgan fingerprint density at radius 1 is 1.45 bits per heavy atom. The number of carbonyl (C=O) groups is 1. The molecule has 0 spiro atoms. The SMILES string of the molecule is Cc1cc(C(=O)NCC2(C)CCOCC2)cc(NN)n1. The minimum Gasteiger partial charge on any atom is -0.381 e. The number of anilines is 1. The van der Waals surface area contributed by atoms with Gasteiger partial charge in [0.15, 0.2) is 0 Å². The first-order valence-corrected chi connectivity index (χ1v) is 6.84. The molecule has 1 amide bonds. The van der Waals surface area contributed by atoms with Crippen LogP contribution in [0, 0.1) is 12.3 Å². The molecule has 0 atom stereocenters. The van der Waals surface area contributed by atoms with E-state index in [0.29, 0.717) is 17.9 Å². The predicted molar refractivity (Wildman–Crippen MR) is 77.3 cm³/mol. The lowest BCUT2D eigenvalue weighted by molar-refractivity contribution is 0.0238. The maximum absolute atomic E-state index is 12.2. The highest BCUT2D eigenvalue weighted by Crippen LogP contribution is 2.28. The van der Waals surface area contributed by atoms with Crippen LogP contribution in [0.5, 0.6) is 0 Å². The van der Waals surface area contributed by atoms with Crippen LogP contribution in [-0.4, -0.2) is 30.6 Å². The molecule has 1 aromatic heterocycles. The van der Waals surface area contributed by atoms with E-state index in [1.165, 1.54) is 0 Å². The van der Waals surface area contributed by atoms with Crippen molar-refractivity contribution < 1.29 is 9.53 Å². The molecule has 1 fully saturated rings. The Bertz CT molecular complexity index is 484. The average molecular weight is 278 g/mol. The summed E-state index contributed by atoms with van der Waals surface area (Å²) in [5.41, 5.74) is 3.91. The number of hydrazine groups is 1. The molecule has 110 valence electrons. The maximum atomic E-state index is 12.2. The van der Waals surface area contributed by atoms with Crippen molar-refractivity contribution >= 4 is 11.7 Å². The van der Waals surface area contributed by atoms with Gasteiger partial charge in [-0.25, -0.2) is 10.8 Å². The number of hydrogen-bond donors (Lipinski definition) is 3. The zero-order chi connectivity index (χ0) is 14.6. The summed E-state index contributed by atoms with van der Waals surface area (Å²) in [5.74, 6) is 5.74. The second-order valence-corrected chi connectivity index (χ2v) is 5.63. The molecule has 1 aliphatic rings. The van der Waals surface area contributed by atoms with Crippen molar-refractivity contribution in [3.05, 3.63) is 23.4 Å². The lowest BCUT2D eigenvalue weighted by Crippen LogP contribution is -2.39. The van der Waals surface area contributed by atoms with Crippen LogP contribution in [0.3, 0.4) is 0 Å². The highest BCUT2D eigenvalue weighted by Gasteiger charge is 2.27. The number of hydrogen-bond acceptors (Lipinski definition) is 5. The molecule has 4 N–H and O–H groups in total. The Kier molecular flexibility index (Phi) is 4.57. The fraction of sp³-hybridized carbons (Fsp3) is 0.571. The van der Waals surface area contributed by atoms with Gasteiger partial charge in [-0.15, -0.1) is 0 Å². The van der Waals surface area contributed by atoms with Gasteiger partial charge in [0, 0.05) is 31.0 Å². The normalized spacial score (nSPS) is 17.6. The standard InChI is InChI=1S/C14H22N4O2/c1-10-7-11(8-12(17-10)18-15)13(19)16-9-14(2)3-5-20-6-4-14/h7-8H,3-6,9,15H2,1-2H3,(H,16,19)(H,17,18). The summed E-state index contributed by atoms with van der Waals surface area (Å²) in [5, 5.41) is 3.00. The second-order valence-electron chi connectivity index (χ2n) is 5.63. The summed E-state index contributed by atoms with van der Waals surface area (Å²) in [6.45, 7) is 6.20. The van der Waals surface area contributed by atoms with Gasteiger partial charge in [0.05, 0.1) is 0 Å². The number of aryl methyl sites for hydroxylation is 1. The van der Waals surface area contributed by atoms with E-state index in [-0.39, 0.29) is 11.3 Å². The number of nitrogens with one attached hydrogen (secondary N) is 2. The van der Waals surface area contributed by atoms with Crippen LogP contribution in [0.2, 0.25) is 0 Å². The van der Waals surface area contributed by atoms with Crippen LogP contribution in [0.4, 0.5) is 5.82 Å². The molecule has 2 rings (SSSR count). The molecule has 0 radical (unpaired) electrons. The molecule has 20 heavy (non-hydrogen) atoms. The van der Waals surface area contributed by atoms with Crippen molar-refractivity contribution in [2.75, 3.05) is 25.2 Å². The smallest absolute Gasteiger partial charge is 0.251 e. The highest BCUT2D eigenvalue weighted by atomic mass is 16.5. The van der Waals surface area contributed by atoms with Gasteiger partial charge in [0.2, 0.25) is 0 Å². The van der Waals surface area contributed by atoms with Crippen LogP contribution >= 0.6 is 0 Å². The van der Waals surface area contributed by atoms with Crippen molar-refractivity contribution in [1.82, 2.24) is 10.3 Å². The molecule has 1 aliphatic heterocycles. The molecule has 0 saturated carbocycles. The van der Waals surface area contributed by atoms with E-state index in [0.717, 1.165) is 31.7 Å². The van der Waals surface area contributed by atoms with Crippen LogP contribution in [0.1, 0.15) is 35.8 Å². The first kappa shape index (κ1) is 14.7. The number of carbonyl (C=O) groups excluding carboxylic acids is 1. The summed E-state index contributed by atoms with van der Waals surface area (Å²) in [7, 11) is 0. The Balaban J connectivity index is 1.99. The van der Waals surface area contributed by atoms with Crippen molar-refractivity contribution in [3.8, 4) is 0 Å². The average Bonchev–Trinajstić information content (AvgIpc) is 2.45. The largest absolute Gasteiger partial charge is 0.381 e. The molecular formula is C14H22N4O2. The van der Waals surface area contributed by atoms with E-state index in [2.05, 4.69) is 22.7 Å². The summed E-state index contributed by atoms with van der Waals surface area (Å²) in [6.07, 6.45) is 1.94.